The van der Waals surface area contributed by atoms with Crippen LogP contribution in [0.4, 0.5) is 4.79 Å². The summed E-state index contributed by atoms with van der Waals surface area (Å²) in [5.41, 5.74) is 1.40. The molecule has 1 heterocycles. The fourth-order valence-corrected chi connectivity index (χ4v) is 2.35. The molecule has 0 saturated heterocycles. The summed E-state index contributed by atoms with van der Waals surface area (Å²) in [5, 5.41) is 5.61. The van der Waals surface area contributed by atoms with Crippen molar-refractivity contribution in [3.8, 4) is 0 Å². The zero-order valence-corrected chi connectivity index (χ0v) is 13.0. The molecule has 3 amide bonds. The molecule has 0 aliphatic heterocycles. The Morgan fingerprint density at radius 1 is 1.29 bits per heavy atom. The van der Waals surface area contributed by atoms with Crippen molar-refractivity contribution in [2.24, 2.45) is 0 Å². The minimum absolute atomic E-state index is 0.122. The summed E-state index contributed by atoms with van der Waals surface area (Å²) in [4.78, 5) is 30.7. The van der Waals surface area contributed by atoms with Gasteiger partial charge in [-0.15, -0.1) is 0 Å². The molecule has 112 valence electrons. The van der Waals surface area contributed by atoms with Gasteiger partial charge in [-0.1, -0.05) is 23.9 Å². The smallest absolute Gasteiger partial charge is 0.321 e. The Balaban J connectivity index is 1.85. The first-order chi connectivity index (χ1) is 9.83. The van der Waals surface area contributed by atoms with E-state index in [-0.39, 0.29) is 17.2 Å². The lowest BCUT2D eigenvalue weighted by atomic mass is 10.1. The van der Waals surface area contributed by atoms with E-state index in [1.807, 2.05) is 45.0 Å². The maximum absolute atomic E-state index is 11.7. The van der Waals surface area contributed by atoms with Gasteiger partial charge in [-0.25, -0.2) is 9.78 Å². The van der Waals surface area contributed by atoms with Crippen molar-refractivity contribution < 1.29 is 9.59 Å². The Morgan fingerprint density at radius 2 is 2.00 bits per heavy atom. The number of imide groups is 1. The van der Waals surface area contributed by atoms with Gasteiger partial charge in [-0.2, -0.15) is 0 Å². The maximum atomic E-state index is 11.7. The number of carbonyl (C=O) groups is 2. The molecule has 0 atom stereocenters. The van der Waals surface area contributed by atoms with E-state index in [1.54, 1.807) is 0 Å². The van der Waals surface area contributed by atoms with E-state index < -0.39 is 6.03 Å². The summed E-state index contributed by atoms with van der Waals surface area (Å²) in [6, 6.07) is 7.15. The van der Waals surface area contributed by atoms with Crippen LogP contribution in [0.15, 0.2) is 29.4 Å². The van der Waals surface area contributed by atoms with Gasteiger partial charge in [0.15, 0.2) is 5.16 Å². The zero-order chi connectivity index (χ0) is 15.5. The summed E-state index contributed by atoms with van der Waals surface area (Å²) in [5.74, 6) is -0.237. The number of urea groups is 1. The molecule has 21 heavy (non-hydrogen) atoms. The molecular formula is C14H18N4O2S. The van der Waals surface area contributed by atoms with E-state index in [2.05, 4.69) is 20.6 Å². The predicted molar refractivity (Wildman–Crippen MR) is 83.2 cm³/mol. The first-order valence-electron chi connectivity index (χ1n) is 6.53. The second-order valence-corrected chi connectivity index (χ2v) is 6.56. The number of rotatable bonds is 3. The number of hydrogen-bond donors (Lipinski definition) is 3. The van der Waals surface area contributed by atoms with Gasteiger partial charge in [0.1, 0.15) is 0 Å². The van der Waals surface area contributed by atoms with Gasteiger partial charge >= 0.3 is 6.03 Å². The Labute approximate surface area is 127 Å². The van der Waals surface area contributed by atoms with Crippen LogP contribution < -0.4 is 10.6 Å². The number of nitrogens with one attached hydrogen (secondary N) is 3. The third kappa shape index (κ3) is 4.78. The predicted octanol–water partition coefficient (Wildman–Crippen LogP) is 2.28. The summed E-state index contributed by atoms with van der Waals surface area (Å²) >= 11 is 1.26. The molecule has 6 nitrogen and oxygen atoms in total. The lowest BCUT2D eigenvalue weighted by molar-refractivity contribution is -0.117. The van der Waals surface area contributed by atoms with Crippen LogP contribution in [0.1, 0.15) is 20.8 Å². The third-order valence-corrected chi connectivity index (χ3v) is 3.32. The van der Waals surface area contributed by atoms with Crippen LogP contribution in [0.25, 0.3) is 11.0 Å². The van der Waals surface area contributed by atoms with Crippen molar-refractivity contribution in [1.29, 1.82) is 0 Å². The number of fused-ring (bicyclic) bond motifs is 1. The van der Waals surface area contributed by atoms with E-state index in [0.717, 1.165) is 11.0 Å². The van der Waals surface area contributed by atoms with Crippen molar-refractivity contribution in [3.05, 3.63) is 24.3 Å². The fraction of sp³-hybridized carbons (Fsp3) is 0.357. The highest BCUT2D eigenvalue weighted by molar-refractivity contribution is 7.99. The normalized spacial score (nSPS) is 11.4. The van der Waals surface area contributed by atoms with Crippen molar-refractivity contribution in [2.45, 2.75) is 31.5 Å². The number of amides is 3. The van der Waals surface area contributed by atoms with Gasteiger partial charge in [0, 0.05) is 5.54 Å². The molecule has 0 fully saturated rings. The Morgan fingerprint density at radius 3 is 2.67 bits per heavy atom. The number of H-pyrrole nitrogens is 1. The van der Waals surface area contributed by atoms with Crippen LogP contribution in [0.2, 0.25) is 0 Å². The summed E-state index contributed by atoms with van der Waals surface area (Å²) in [7, 11) is 0. The second kappa shape index (κ2) is 6.17. The van der Waals surface area contributed by atoms with E-state index >= 15 is 0 Å². The van der Waals surface area contributed by atoms with E-state index in [9.17, 15) is 9.59 Å². The largest absolute Gasteiger partial charge is 0.333 e. The molecule has 7 heteroatoms. The average Bonchev–Trinajstić information content (AvgIpc) is 2.76. The van der Waals surface area contributed by atoms with Crippen LogP contribution in [0.5, 0.6) is 0 Å². The molecule has 0 radical (unpaired) electrons. The van der Waals surface area contributed by atoms with Crippen LogP contribution in [0.3, 0.4) is 0 Å². The molecule has 0 aliphatic rings. The number of thioether (sulfide) groups is 1. The van der Waals surface area contributed by atoms with Crippen LogP contribution in [-0.4, -0.2) is 33.2 Å². The number of carbonyl (C=O) groups excluding carboxylic acids is 2. The highest BCUT2D eigenvalue weighted by atomic mass is 32.2. The van der Waals surface area contributed by atoms with Gasteiger partial charge in [0.25, 0.3) is 0 Å². The highest BCUT2D eigenvalue weighted by Gasteiger charge is 2.16. The Bertz CT molecular complexity index is 627. The average molecular weight is 306 g/mol. The minimum Gasteiger partial charge on any atom is -0.333 e. The van der Waals surface area contributed by atoms with Crippen molar-refractivity contribution in [2.75, 3.05) is 5.75 Å². The van der Waals surface area contributed by atoms with Crippen LogP contribution in [-0.2, 0) is 4.79 Å². The van der Waals surface area contributed by atoms with E-state index in [0.29, 0.717) is 5.16 Å². The summed E-state index contributed by atoms with van der Waals surface area (Å²) in [6.07, 6.45) is 0. The number of benzene rings is 1. The number of aromatic nitrogens is 2. The van der Waals surface area contributed by atoms with Crippen molar-refractivity contribution >= 4 is 34.7 Å². The number of hydrogen-bond acceptors (Lipinski definition) is 4. The van der Waals surface area contributed by atoms with Gasteiger partial charge in [0.05, 0.1) is 16.8 Å². The van der Waals surface area contributed by atoms with Crippen LogP contribution in [0, 0.1) is 0 Å². The quantitative estimate of drug-likeness (QED) is 0.759. The molecular weight excluding hydrogens is 288 g/mol. The van der Waals surface area contributed by atoms with Gasteiger partial charge < -0.3 is 10.3 Å². The number of imidazole rings is 1. The van der Waals surface area contributed by atoms with Gasteiger partial charge in [-0.3, -0.25) is 10.1 Å². The molecule has 0 spiro atoms. The Kier molecular flexibility index (Phi) is 4.52. The number of para-hydroxylation sites is 2. The first-order valence-corrected chi connectivity index (χ1v) is 7.51. The molecule has 0 bridgehead atoms. The molecule has 1 aromatic carbocycles. The summed E-state index contributed by atoms with van der Waals surface area (Å²) in [6.45, 7) is 5.54. The molecule has 0 saturated carbocycles. The SMILES string of the molecule is CC(C)(C)NC(=O)NC(=O)CSc1nc2ccccc2[nH]1. The third-order valence-electron chi connectivity index (χ3n) is 2.45. The fourth-order valence-electron chi connectivity index (χ4n) is 1.67. The van der Waals surface area contributed by atoms with Crippen LogP contribution >= 0.6 is 11.8 Å². The van der Waals surface area contributed by atoms with Gasteiger partial charge in [0.2, 0.25) is 5.91 Å². The van der Waals surface area contributed by atoms with Gasteiger partial charge in [-0.05, 0) is 32.9 Å². The topological polar surface area (TPSA) is 86.9 Å². The second-order valence-electron chi connectivity index (χ2n) is 5.60. The molecule has 2 aromatic rings. The molecule has 0 aliphatic carbocycles. The van der Waals surface area contributed by atoms with Crippen molar-refractivity contribution in [1.82, 2.24) is 20.6 Å². The monoisotopic (exact) mass is 306 g/mol. The standard InChI is InChI=1S/C14H18N4O2S/c1-14(2,3)18-12(20)17-11(19)8-21-13-15-9-6-4-5-7-10(9)16-13/h4-7H,8H2,1-3H3,(H,15,16)(H2,17,18,19,20). The number of nitrogens with zero attached hydrogens (tertiary/aromatic N) is 1. The highest BCUT2D eigenvalue weighted by Crippen LogP contribution is 2.18. The zero-order valence-electron chi connectivity index (χ0n) is 12.2. The molecule has 0 unspecified atom stereocenters. The van der Waals surface area contributed by atoms with E-state index in [1.165, 1.54) is 11.8 Å². The first kappa shape index (κ1) is 15.4. The lowest BCUT2D eigenvalue weighted by Crippen LogP contribution is -2.48. The van der Waals surface area contributed by atoms with E-state index in [4.69, 9.17) is 0 Å². The van der Waals surface area contributed by atoms with Crippen molar-refractivity contribution in [3.63, 3.8) is 0 Å². The maximum Gasteiger partial charge on any atom is 0.321 e. The molecule has 3 N–H and O–H groups in total. The minimum atomic E-state index is -0.488. The Hall–Kier alpha value is -2.02. The lowest BCUT2D eigenvalue weighted by Gasteiger charge is -2.20. The number of aromatic amines is 1. The summed E-state index contributed by atoms with van der Waals surface area (Å²) < 4.78 is 0. The molecule has 2 rings (SSSR count). The molecule has 1 aromatic heterocycles.